The minimum Gasteiger partial charge on any atom is -0.187 e. The van der Waals surface area contributed by atoms with Gasteiger partial charge in [-0.15, -0.1) is 5.10 Å². The van der Waals surface area contributed by atoms with E-state index >= 15 is 0 Å². The minimum atomic E-state index is 0.695. The number of hydrogen-bond acceptors (Lipinski definition) is 4. The Morgan fingerprint density at radius 2 is 1.95 bits per heavy atom. The van der Waals surface area contributed by atoms with E-state index in [0.29, 0.717) is 5.02 Å². The van der Waals surface area contributed by atoms with E-state index in [1.165, 1.54) is 11.1 Å². The van der Waals surface area contributed by atoms with Gasteiger partial charge in [-0.2, -0.15) is 4.68 Å². The molecule has 1 aromatic heterocycles. The lowest BCUT2D eigenvalue weighted by Gasteiger charge is -2.05. The predicted molar refractivity (Wildman–Crippen MR) is 84.9 cm³/mol. The fourth-order valence-electron chi connectivity index (χ4n) is 1.96. The molecule has 0 amide bonds. The van der Waals surface area contributed by atoms with Gasteiger partial charge in [0.1, 0.15) is 0 Å². The van der Waals surface area contributed by atoms with E-state index < -0.39 is 0 Å². The van der Waals surface area contributed by atoms with E-state index in [-0.39, 0.29) is 0 Å². The zero-order chi connectivity index (χ0) is 14.7. The third kappa shape index (κ3) is 3.43. The lowest BCUT2D eigenvalue weighted by atomic mass is 10.2. The van der Waals surface area contributed by atoms with Gasteiger partial charge in [-0.1, -0.05) is 53.2 Å². The van der Waals surface area contributed by atoms with Crippen LogP contribution in [0.25, 0.3) is 5.69 Å². The van der Waals surface area contributed by atoms with E-state index in [1.807, 2.05) is 24.3 Å². The maximum Gasteiger partial charge on any atom is 0.214 e. The molecule has 4 nitrogen and oxygen atoms in total. The Kier molecular flexibility index (Phi) is 4.22. The van der Waals surface area contributed by atoms with Crippen molar-refractivity contribution in [3.63, 3.8) is 0 Å². The molecule has 0 saturated heterocycles. The third-order valence-corrected chi connectivity index (χ3v) is 4.20. The molecule has 2 aromatic carbocycles. The van der Waals surface area contributed by atoms with Gasteiger partial charge in [0.25, 0.3) is 0 Å². The molecule has 3 aromatic rings. The van der Waals surface area contributed by atoms with Crippen LogP contribution in [-0.2, 0) is 5.75 Å². The van der Waals surface area contributed by atoms with E-state index in [9.17, 15) is 0 Å². The second kappa shape index (κ2) is 6.28. The van der Waals surface area contributed by atoms with Crippen molar-refractivity contribution in [3.05, 3.63) is 64.7 Å². The number of nitrogens with zero attached hydrogens (tertiary/aromatic N) is 4. The van der Waals surface area contributed by atoms with Crippen LogP contribution in [0.5, 0.6) is 0 Å². The first kappa shape index (κ1) is 14.1. The largest absolute Gasteiger partial charge is 0.214 e. The Balaban J connectivity index is 1.78. The minimum absolute atomic E-state index is 0.695. The molecule has 0 aliphatic carbocycles. The van der Waals surface area contributed by atoms with Gasteiger partial charge in [0, 0.05) is 10.8 Å². The first-order valence-electron chi connectivity index (χ1n) is 6.45. The topological polar surface area (TPSA) is 43.6 Å². The molecular weight excluding hydrogens is 304 g/mol. The van der Waals surface area contributed by atoms with Crippen LogP contribution in [0.3, 0.4) is 0 Å². The summed E-state index contributed by atoms with van der Waals surface area (Å²) in [6.07, 6.45) is 0. The van der Waals surface area contributed by atoms with Crippen LogP contribution in [0, 0.1) is 6.92 Å². The number of rotatable bonds is 4. The number of thioether (sulfide) groups is 1. The van der Waals surface area contributed by atoms with Gasteiger partial charge in [-0.05, 0) is 47.2 Å². The van der Waals surface area contributed by atoms with Gasteiger partial charge >= 0.3 is 0 Å². The van der Waals surface area contributed by atoms with Crippen molar-refractivity contribution < 1.29 is 0 Å². The van der Waals surface area contributed by atoms with Crippen LogP contribution >= 0.6 is 23.4 Å². The third-order valence-electron chi connectivity index (χ3n) is 2.96. The Bertz CT molecular complexity index is 739. The van der Waals surface area contributed by atoms with Gasteiger partial charge < -0.3 is 0 Å². The monoisotopic (exact) mass is 316 g/mol. The molecule has 0 aliphatic rings. The van der Waals surface area contributed by atoms with E-state index in [1.54, 1.807) is 16.4 Å². The number of hydrogen-bond donors (Lipinski definition) is 0. The van der Waals surface area contributed by atoms with Gasteiger partial charge in [0.2, 0.25) is 5.16 Å². The van der Waals surface area contributed by atoms with E-state index in [4.69, 9.17) is 11.6 Å². The Labute approximate surface area is 132 Å². The first-order chi connectivity index (χ1) is 10.2. The molecule has 0 atom stereocenters. The average molecular weight is 317 g/mol. The summed E-state index contributed by atoms with van der Waals surface area (Å²) in [5.41, 5.74) is 3.41. The average Bonchev–Trinajstić information content (AvgIpc) is 2.94. The number of aryl methyl sites for hydroxylation is 1. The number of benzene rings is 2. The maximum atomic E-state index is 5.90. The van der Waals surface area contributed by atoms with Crippen LogP contribution in [0.2, 0.25) is 5.02 Å². The smallest absolute Gasteiger partial charge is 0.187 e. The highest BCUT2D eigenvalue weighted by Crippen LogP contribution is 2.23. The van der Waals surface area contributed by atoms with Crippen LogP contribution < -0.4 is 0 Å². The molecule has 106 valence electrons. The summed E-state index contributed by atoms with van der Waals surface area (Å²) in [4.78, 5) is 0. The fourth-order valence-corrected chi connectivity index (χ4v) is 2.92. The second-order valence-corrected chi connectivity index (χ2v) is 6.01. The van der Waals surface area contributed by atoms with Crippen molar-refractivity contribution in [2.45, 2.75) is 17.8 Å². The zero-order valence-corrected chi connectivity index (χ0v) is 13.0. The molecule has 0 aliphatic heterocycles. The van der Waals surface area contributed by atoms with Gasteiger partial charge in [-0.25, -0.2) is 0 Å². The second-order valence-electron chi connectivity index (χ2n) is 4.63. The highest BCUT2D eigenvalue weighted by molar-refractivity contribution is 7.98. The van der Waals surface area contributed by atoms with Crippen molar-refractivity contribution in [2.75, 3.05) is 0 Å². The molecule has 0 spiro atoms. The van der Waals surface area contributed by atoms with Gasteiger partial charge in [-0.3, -0.25) is 0 Å². The normalized spacial score (nSPS) is 10.8. The zero-order valence-electron chi connectivity index (χ0n) is 11.4. The van der Waals surface area contributed by atoms with Crippen LogP contribution in [-0.4, -0.2) is 20.2 Å². The standard InChI is InChI=1S/C15H13ClN4S/c1-11-3-2-4-12(9-11)10-21-15-17-18-19-20(15)14-7-5-13(16)6-8-14/h2-9H,10H2,1H3. The number of halogens is 1. The molecule has 6 heteroatoms. The SMILES string of the molecule is Cc1cccc(CSc2nnnn2-c2ccc(Cl)cc2)c1. The molecule has 0 unspecified atom stereocenters. The summed E-state index contributed by atoms with van der Waals surface area (Å²) in [5, 5.41) is 13.3. The lowest BCUT2D eigenvalue weighted by Crippen LogP contribution is -1.98. The van der Waals surface area contributed by atoms with Crippen molar-refractivity contribution >= 4 is 23.4 Å². The van der Waals surface area contributed by atoms with Crippen LogP contribution in [0.1, 0.15) is 11.1 Å². The predicted octanol–water partition coefficient (Wildman–Crippen LogP) is 3.92. The van der Waals surface area contributed by atoms with E-state index in [2.05, 4.69) is 46.7 Å². The van der Waals surface area contributed by atoms with Crippen molar-refractivity contribution in [2.24, 2.45) is 0 Å². The summed E-state index contributed by atoms with van der Waals surface area (Å²) in [6, 6.07) is 15.9. The quantitative estimate of drug-likeness (QED) is 0.684. The highest BCUT2D eigenvalue weighted by atomic mass is 35.5. The first-order valence-corrected chi connectivity index (χ1v) is 7.81. The van der Waals surface area contributed by atoms with E-state index in [0.717, 1.165) is 16.6 Å². The molecule has 0 N–H and O–H groups in total. The number of aromatic nitrogens is 4. The molecule has 0 radical (unpaired) electrons. The maximum absolute atomic E-state index is 5.90. The van der Waals surface area contributed by atoms with Gasteiger partial charge in [0.15, 0.2) is 0 Å². The van der Waals surface area contributed by atoms with Crippen molar-refractivity contribution in [3.8, 4) is 5.69 Å². The molecule has 0 bridgehead atoms. The van der Waals surface area contributed by atoms with Gasteiger partial charge in [0.05, 0.1) is 5.69 Å². The Morgan fingerprint density at radius 1 is 1.14 bits per heavy atom. The summed E-state index contributed by atoms with van der Waals surface area (Å²) < 4.78 is 1.72. The molecule has 21 heavy (non-hydrogen) atoms. The van der Waals surface area contributed by atoms with Crippen LogP contribution in [0.4, 0.5) is 0 Å². The summed E-state index contributed by atoms with van der Waals surface area (Å²) in [7, 11) is 0. The number of tetrazole rings is 1. The fraction of sp³-hybridized carbons (Fsp3) is 0.133. The molecule has 0 fully saturated rings. The summed E-state index contributed by atoms with van der Waals surface area (Å²) in [6.45, 7) is 2.09. The Hall–Kier alpha value is -1.85. The summed E-state index contributed by atoms with van der Waals surface area (Å²) >= 11 is 7.51. The summed E-state index contributed by atoms with van der Waals surface area (Å²) in [5.74, 6) is 0.829. The highest BCUT2D eigenvalue weighted by Gasteiger charge is 2.09. The Morgan fingerprint density at radius 3 is 2.71 bits per heavy atom. The molecule has 0 saturated carbocycles. The van der Waals surface area contributed by atoms with Crippen molar-refractivity contribution in [1.29, 1.82) is 0 Å². The lowest BCUT2D eigenvalue weighted by molar-refractivity contribution is 0.756. The molecule has 3 rings (SSSR count). The molecular formula is C15H13ClN4S. The molecule has 1 heterocycles. The van der Waals surface area contributed by atoms with Crippen molar-refractivity contribution in [1.82, 2.24) is 20.2 Å². The van der Waals surface area contributed by atoms with Crippen LogP contribution in [0.15, 0.2) is 53.7 Å².